The second kappa shape index (κ2) is 7.03. The quantitative estimate of drug-likeness (QED) is 0.784. The van der Waals surface area contributed by atoms with Gasteiger partial charge in [0.15, 0.2) is 0 Å². The SMILES string of the molecule is CCNC(Cc1c(Br)c(C)nn1C)c1ccc(F)cc1Br. The number of hydrogen-bond donors (Lipinski definition) is 1. The molecule has 2 aromatic rings. The van der Waals surface area contributed by atoms with Gasteiger partial charge in [-0.05, 0) is 47.1 Å². The molecule has 1 unspecified atom stereocenters. The molecule has 6 heteroatoms. The molecule has 1 aromatic carbocycles. The van der Waals surface area contributed by atoms with Crippen LogP contribution < -0.4 is 5.32 Å². The normalized spacial score (nSPS) is 12.7. The van der Waals surface area contributed by atoms with Crippen LogP contribution in [0.25, 0.3) is 0 Å². The molecule has 1 aromatic heterocycles. The van der Waals surface area contributed by atoms with E-state index < -0.39 is 0 Å². The van der Waals surface area contributed by atoms with Crippen LogP contribution in [0.15, 0.2) is 27.1 Å². The fourth-order valence-electron chi connectivity index (χ4n) is 2.42. The summed E-state index contributed by atoms with van der Waals surface area (Å²) in [5.74, 6) is -0.238. The van der Waals surface area contributed by atoms with Gasteiger partial charge in [-0.15, -0.1) is 0 Å². The zero-order valence-corrected chi connectivity index (χ0v) is 15.4. The molecule has 1 N–H and O–H groups in total. The fraction of sp³-hybridized carbons (Fsp3) is 0.400. The van der Waals surface area contributed by atoms with E-state index in [2.05, 4.69) is 49.2 Å². The first-order valence-electron chi connectivity index (χ1n) is 6.80. The third-order valence-corrected chi connectivity index (χ3v) is 5.17. The molecule has 0 amide bonds. The van der Waals surface area contributed by atoms with Crippen molar-refractivity contribution in [3.8, 4) is 0 Å². The monoisotopic (exact) mass is 417 g/mol. The minimum Gasteiger partial charge on any atom is -0.310 e. The van der Waals surface area contributed by atoms with Gasteiger partial charge in [0, 0.05) is 24.0 Å². The Kier molecular flexibility index (Phi) is 5.57. The lowest BCUT2D eigenvalue weighted by Gasteiger charge is -2.20. The molecule has 1 heterocycles. The Labute approximate surface area is 141 Å². The van der Waals surface area contributed by atoms with Crippen molar-refractivity contribution in [3.05, 3.63) is 49.9 Å². The zero-order valence-electron chi connectivity index (χ0n) is 12.3. The minimum absolute atomic E-state index is 0.0936. The van der Waals surface area contributed by atoms with Gasteiger partial charge in [0.1, 0.15) is 5.82 Å². The summed E-state index contributed by atoms with van der Waals surface area (Å²) in [4.78, 5) is 0. The number of nitrogens with zero attached hydrogens (tertiary/aromatic N) is 2. The third kappa shape index (κ3) is 3.73. The summed E-state index contributed by atoms with van der Waals surface area (Å²) < 4.78 is 17.0. The number of benzene rings is 1. The number of likely N-dealkylation sites (N-methyl/N-ethyl adjacent to an activating group) is 1. The molecule has 3 nitrogen and oxygen atoms in total. The van der Waals surface area contributed by atoms with E-state index in [0.29, 0.717) is 0 Å². The number of aromatic nitrogens is 2. The van der Waals surface area contributed by atoms with Gasteiger partial charge in [0.25, 0.3) is 0 Å². The first-order chi connectivity index (χ1) is 9.93. The molecule has 0 saturated heterocycles. The summed E-state index contributed by atoms with van der Waals surface area (Å²) in [7, 11) is 1.94. The third-order valence-electron chi connectivity index (χ3n) is 3.45. The van der Waals surface area contributed by atoms with Gasteiger partial charge in [-0.2, -0.15) is 5.10 Å². The first kappa shape index (κ1) is 16.6. The minimum atomic E-state index is -0.238. The molecule has 0 bridgehead atoms. The Morgan fingerprint density at radius 2 is 2.10 bits per heavy atom. The molecule has 2 rings (SSSR count). The Morgan fingerprint density at radius 1 is 1.38 bits per heavy atom. The molecule has 0 saturated carbocycles. The predicted molar refractivity (Wildman–Crippen MR) is 89.9 cm³/mol. The van der Waals surface area contributed by atoms with Crippen LogP contribution in [0.1, 0.15) is 29.9 Å². The number of nitrogens with one attached hydrogen (secondary N) is 1. The molecule has 0 spiro atoms. The first-order valence-corrected chi connectivity index (χ1v) is 8.39. The van der Waals surface area contributed by atoms with Gasteiger partial charge < -0.3 is 5.32 Å². The van der Waals surface area contributed by atoms with E-state index in [1.54, 1.807) is 0 Å². The summed E-state index contributed by atoms with van der Waals surface area (Å²) in [6.45, 7) is 4.88. The Bertz CT molecular complexity index is 640. The van der Waals surface area contributed by atoms with Crippen molar-refractivity contribution < 1.29 is 4.39 Å². The van der Waals surface area contributed by atoms with E-state index in [-0.39, 0.29) is 11.9 Å². The topological polar surface area (TPSA) is 29.9 Å². The van der Waals surface area contributed by atoms with Crippen molar-refractivity contribution in [1.82, 2.24) is 15.1 Å². The molecule has 0 aliphatic carbocycles. The molecular formula is C15H18Br2FN3. The van der Waals surface area contributed by atoms with Gasteiger partial charge in [-0.1, -0.05) is 28.9 Å². The molecule has 0 aliphatic heterocycles. The van der Waals surface area contributed by atoms with E-state index in [0.717, 1.165) is 38.9 Å². The van der Waals surface area contributed by atoms with Crippen LogP contribution in [-0.2, 0) is 13.5 Å². The van der Waals surface area contributed by atoms with E-state index in [4.69, 9.17) is 0 Å². The second-order valence-corrected chi connectivity index (χ2v) is 6.60. The zero-order chi connectivity index (χ0) is 15.6. The Morgan fingerprint density at radius 3 is 2.62 bits per heavy atom. The van der Waals surface area contributed by atoms with Crippen LogP contribution in [0.5, 0.6) is 0 Å². The number of hydrogen-bond acceptors (Lipinski definition) is 2. The van der Waals surface area contributed by atoms with Gasteiger partial charge in [0.05, 0.1) is 15.9 Å². The van der Waals surface area contributed by atoms with Crippen molar-refractivity contribution in [1.29, 1.82) is 0 Å². The van der Waals surface area contributed by atoms with Gasteiger partial charge in [-0.25, -0.2) is 4.39 Å². The standard InChI is InChI=1S/C15H18Br2FN3/c1-4-19-13(11-6-5-10(18)7-12(11)16)8-14-15(17)9(2)20-21(14)3/h5-7,13,19H,4,8H2,1-3H3. The lowest BCUT2D eigenvalue weighted by atomic mass is 10.0. The number of rotatable bonds is 5. The predicted octanol–water partition coefficient (Wildman–Crippen LogP) is 4.29. The summed E-state index contributed by atoms with van der Waals surface area (Å²) >= 11 is 7.06. The van der Waals surface area contributed by atoms with Crippen molar-refractivity contribution in [3.63, 3.8) is 0 Å². The fourth-order valence-corrected chi connectivity index (χ4v) is 3.54. The van der Waals surface area contributed by atoms with E-state index in [1.165, 1.54) is 12.1 Å². The van der Waals surface area contributed by atoms with Crippen molar-refractivity contribution in [2.75, 3.05) is 6.54 Å². The van der Waals surface area contributed by atoms with Crippen LogP contribution in [0.2, 0.25) is 0 Å². The highest BCUT2D eigenvalue weighted by molar-refractivity contribution is 9.10. The van der Waals surface area contributed by atoms with Gasteiger partial charge >= 0.3 is 0 Å². The maximum absolute atomic E-state index is 13.3. The molecule has 0 radical (unpaired) electrons. The lowest BCUT2D eigenvalue weighted by Crippen LogP contribution is -2.24. The number of halogens is 3. The Balaban J connectivity index is 2.35. The van der Waals surface area contributed by atoms with Crippen molar-refractivity contribution in [2.45, 2.75) is 26.3 Å². The highest BCUT2D eigenvalue weighted by Crippen LogP contribution is 2.30. The molecule has 0 aliphatic rings. The van der Waals surface area contributed by atoms with Crippen LogP contribution >= 0.6 is 31.9 Å². The number of aryl methyl sites for hydroxylation is 2. The highest BCUT2D eigenvalue weighted by Gasteiger charge is 2.19. The maximum Gasteiger partial charge on any atom is 0.124 e. The summed E-state index contributed by atoms with van der Waals surface area (Å²) in [5.41, 5.74) is 3.14. The smallest absolute Gasteiger partial charge is 0.124 e. The molecule has 114 valence electrons. The van der Waals surface area contributed by atoms with Crippen molar-refractivity contribution in [2.24, 2.45) is 7.05 Å². The van der Waals surface area contributed by atoms with Crippen molar-refractivity contribution >= 4 is 31.9 Å². The molecule has 0 fully saturated rings. The van der Waals surface area contributed by atoms with Crippen LogP contribution in [0, 0.1) is 12.7 Å². The molecule has 21 heavy (non-hydrogen) atoms. The maximum atomic E-state index is 13.3. The summed E-state index contributed by atoms with van der Waals surface area (Å²) in [5, 5.41) is 7.88. The van der Waals surface area contributed by atoms with Crippen LogP contribution in [0.4, 0.5) is 4.39 Å². The van der Waals surface area contributed by atoms with Crippen LogP contribution in [-0.4, -0.2) is 16.3 Å². The van der Waals surface area contributed by atoms with E-state index in [1.807, 2.05) is 24.7 Å². The average Bonchev–Trinajstić information content (AvgIpc) is 2.65. The van der Waals surface area contributed by atoms with E-state index in [9.17, 15) is 4.39 Å². The summed E-state index contributed by atoms with van der Waals surface area (Å²) in [6.07, 6.45) is 0.774. The van der Waals surface area contributed by atoms with Gasteiger partial charge in [0.2, 0.25) is 0 Å². The molecule has 1 atom stereocenters. The second-order valence-electron chi connectivity index (χ2n) is 4.95. The van der Waals surface area contributed by atoms with E-state index >= 15 is 0 Å². The largest absolute Gasteiger partial charge is 0.310 e. The average molecular weight is 419 g/mol. The van der Waals surface area contributed by atoms with Crippen LogP contribution in [0.3, 0.4) is 0 Å². The Hall–Kier alpha value is -0.720. The summed E-state index contributed by atoms with van der Waals surface area (Å²) in [6, 6.07) is 4.91. The highest BCUT2D eigenvalue weighted by atomic mass is 79.9. The lowest BCUT2D eigenvalue weighted by molar-refractivity contribution is 0.524. The van der Waals surface area contributed by atoms with Gasteiger partial charge in [-0.3, -0.25) is 4.68 Å². The molecular weight excluding hydrogens is 401 g/mol.